The molecule has 106 valence electrons. The zero-order valence-electron chi connectivity index (χ0n) is 11.4. The minimum Gasteiger partial charge on any atom is -0.489 e. The molecule has 0 fully saturated rings. The number of Topliss-reactive ketones (excluding diaryl/α,β-unsaturated/α-hetero) is 1. The number of rotatable bonds is 4. The molecule has 1 aromatic heterocycles. The lowest BCUT2D eigenvalue weighted by Crippen LogP contribution is -1.95. The summed E-state index contributed by atoms with van der Waals surface area (Å²) in [6.07, 6.45) is 1.48. The van der Waals surface area contributed by atoms with E-state index in [1.54, 1.807) is 6.07 Å². The Morgan fingerprint density at radius 3 is 2.86 bits per heavy atom. The average Bonchev–Trinajstić information content (AvgIpc) is 2.88. The maximum atomic E-state index is 11.4. The quantitative estimate of drug-likeness (QED) is 0.645. The number of ketones is 1. The van der Waals surface area contributed by atoms with E-state index in [-0.39, 0.29) is 5.78 Å². The van der Waals surface area contributed by atoms with Gasteiger partial charge in [0.2, 0.25) is 0 Å². The van der Waals surface area contributed by atoms with Crippen molar-refractivity contribution in [3.05, 3.63) is 64.9 Å². The van der Waals surface area contributed by atoms with Crippen LogP contribution in [0.1, 0.15) is 22.8 Å². The second-order valence-corrected chi connectivity index (χ2v) is 5.22. The normalized spacial score (nSPS) is 10.8. The highest BCUT2D eigenvalue weighted by Gasteiger charge is 2.10. The van der Waals surface area contributed by atoms with Crippen LogP contribution < -0.4 is 4.74 Å². The third-order valence-electron chi connectivity index (χ3n) is 3.22. The molecular weight excluding hydrogens is 288 g/mol. The molecule has 0 radical (unpaired) electrons. The number of halogens is 1. The van der Waals surface area contributed by atoms with Crippen molar-refractivity contribution in [3.63, 3.8) is 0 Å². The first-order valence-corrected chi connectivity index (χ1v) is 6.91. The molecule has 2 aromatic carbocycles. The number of hydrogen-bond acceptors (Lipinski definition) is 3. The summed E-state index contributed by atoms with van der Waals surface area (Å²) in [6.45, 7) is 1.94. The van der Waals surface area contributed by atoms with Crippen molar-refractivity contribution in [2.45, 2.75) is 13.5 Å². The van der Waals surface area contributed by atoms with Crippen LogP contribution in [0, 0.1) is 0 Å². The summed E-state index contributed by atoms with van der Waals surface area (Å²) in [6, 6.07) is 13.0. The topological polar surface area (TPSA) is 39.4 Å². The summed E-state index contributed by atoms with van der Waals surface area (Å²) in [5, 5.41) is 1.49. The SMILES string of the molecule is CC(=O)c1coc2cc(OCc3cccc(Cl)c3)ccc12. The fourth-order valence-electron chi connectivity index (χ4n) is 2.16. The first-order chi connectivity index (χ1) is 10.1. The lowest BCUT2D eigenvalue weighted by molar-refractivity contribution is 0.101. The lowest BCUT2D eigenvalue weighted by atomic mass is 10.1. The maximum absolute atomic E-state index is 11.4. The Morgan fingerprint density at radius 2 is 2.10 bits per heavy atom. The number of furan rings is 1. The summed E-state index contributed by atoms with van der Waals surface area (Å²) in [5.74, 6) is 0.674. The molecule has 0 aliphatic carbocycles. The Labute approximate surface area is 127 Å². The van der Waals surface area contributed by atoms with E-state index in [0.29, 0.717) is 28.5 Å². The fraction of sp³-hybridized carbons (Fsp3) is 0.118. The van der Waals surface area contributed by atoms with Gasteiger partial charge in [-0.05, 0) is 36.8 Å². The highest BCUT2D eigenvalue weighted by atomic mass is 35.5. The molecule has 0 aliphatic rings. The number of benzene rings is 2. The van der Waals surface area contributed by atoms with Gasteiger partial charge in [0.05, 0.1) is 5.56 Å². The average molecular weight is 301 g/mol. The van der Waals surface area contributed by atoms with Gasteiger partial charge in [-0.1, -0.05) is 23.7 Å². The van der Waals surface area contributed by atoms with E-state index in [0.717, 1.165) is 10.9 Å². The summed E-state index contributed by atoms with van der Waals surface area (Å²) < 4.78 is 11.1. The Morgan fingerprint density at radius 1 is 1.24 bits per heavy atom. The summed E-state index contributed by atoms with van der Waals surface area (Å²) >= 11 is 5.93. The van der Waals surface area contributed by atoms with Crippen LogP contribution in [0.5, 0.6) is 5.75 Å². The smallest absolute Gasteiger partial charge is 0.163 e. The van der Waals surface area contributed by atoms with Crippen molar-refractivity contribution in [2.24, 2.45) is 0 Å². The number of fused-ring (bicyclic) bond motifs is 1. The third kappa shape index (κ3) is 2.93. The van der Waals surface area contributed by atoms with Gasteiger partial charge < -0.3 is 9.15 Å². The van der Waals surface area contributed by atoms with E-state index < -0.39 is 0 Å². The highest BCUT2D eigenvalue weighted by Crippen LogP contribution is 2.26. The van der Waals surface area contributed by atoms with Crippen molar-refractivity contribution in [2.75, 3.05) is 0 Å². The van der Waals surface area contributed by atoms with Crippen LogP contribution >= 0.6 is 11.6 Å². The number of hydrogen-bond donors (Lipinski definition) is 0. The highest BCUT2D eigenvalue weighted by molar-refractivity contribution is 6.30. The predicted octanol–water partition coefficient (Wildman–Crippen LogP) is 4.87. The van der Waals surface area contributed by atoms with Crippen LogP contribution in [0.2, 0.25) is 5.02 Å². The zero-order valence-corrected chi connectivity index (χ0v) is 12.2. The molecule has 0 atom stereocenters. The largest absolute Gasteiger partial charge is 0.489 e. The number of carbonyl (C=O) groups is 1. The van der Waals surface area contributed by atoms with E-state index in [9.17, 15) is 4.79 Å². The molecule has 0 saturated carbocycles. The van der Waals surface area contributed by atoms with Gasteiger partial charge in [0, 0.05) is 16.5 Å². The van der Waals surface area contributed by atoms with Crippen LogP contribution in [0.25, 0.3) is 11.0 Å². The van der Waals surface area contributed by atoms with Gasteiger partial charge in [-0.25, -0.2) is 0 Å². The Hall–Kier alpha value is -2.26. The van der Waals surface area contributed by atoms with E-state index in [1.807, 2.05) is 36.4 Å². The molecule has 3 nitrogen and oxygen atoms in total. The molecule has 0 amide bonds. The third-order valence-corrected chi connectivity index (χ3v) is 3.46. The van der Waals surface area contributed by atoms with Crippen molar-refractivity contribution in [3.8, 4) is 5.75 Å². The molecule has 0 N–H and O–H groups in total. The van der Waals surface area contributed by atoms with Gasteiger partial charge in [0.15, 0.2) is 5.78 Å². The van der Waals surface area contributed by atoms with Gasteiger partial charge in [-0.3, -0.25) is 4.79 Å². The molecular formula is C17H13ClO3. The van der Waals surface area contributed by atoms with Crippen molar-refractivity contribution in [1.29, 1.82) is 0 Å². The lowest BCUT2D eigenvalue weighted by Gasteiger charge is -2.06. The molecule has 0 saturated heterocycles. The predicted molar refractivity (Wildman–Crippen MR) is 82.0 cm³/mol. The monoisotopic (exact) mass is 300 g/mol. The van der Waals surface area contributed by atoms with Gasteiger partial charge in [0.25, 0.3) is 0 Å². The van der Waals surface area contributed by atoms with Crippen LogP contribution in [0.3, 0.4) is 0 Å². The second kappa shape index (κ2) is 5.62. The Bertz CT molecular complexity index is 805. The standard InChI is InChI=1S/C17H13ClO3/c1-11(19)16-10-21-17-8-14(5-6-15(16)17)20-9-12-3-2-4-13(18)7-12/h2-8,10H,9H2,1H3. The van der Waals surface area contributed by atoms with E-state index in [4.69, 9.17) is 20.8 Å². The van der Waals surface area contributed by atoms with Crippen molar-refractivity contribution >= 4 is 28.4 Å². The van der Waals surface area contributed by atoms with Crippen LogP contribution in [0.4, 0.5) is 0 Å². The second-order valence-electron chi connectivity index (χ2n) is 4.78. The van der Waals surface area contributed by atoms with Gasteiger partial charge in [-0.15, -0.1) is 0 Å². The summed E-state index contributed by atoms with van der Waals surface area (Å²) in [7, 11) is 0. The first kappa shape index (κ1) is 13.7. The molecule has 0 aliphatic heterocycles. The molecule has 3 rings (SSSR count). The van der Waals surface area contributed by atoms with E-state index >= 15 is 0 Å². The molecule has 1 heterocycles. The molecule has 0 unspecified atom stereocenters. The Kier molecular flexibility index (Phi) is 3.67. The molecule has 21 heavy (non-hydrogen) atoms. The minimum atomic E-state index is -0.0126. The molecule has 4 heteroatoms. The fourth-order valence-corrected chi connectivity index (χ4v) is 2.38. The zero-order chi connectivity index (χ0) is 14.8. The summed E-state index contributed by atoms with van der Waals surface area (Å²) in [5.41, 5.74) is 2.22. The van der Waals surface area contributed by atoms with Gasteiger partial charge in [-0.2, -0.15) is 0 Å². The van der Waals surface area contributed by atoms with Crippen molar-refractivity contribution in [1.82, 2.24) is 0 Å². The number of carbonyl (C=O) groups excluding carboxylic acids is 1. The Balaban J connectivity index is 1.80. The molecule has 0 spiro atoms. The summed E-state index contributed by atoms with van der Waals surface area (Å²) in [4.78, 5) is 11.4. The molecule has 0 bridgehead atoms. The van der Waals surface area contributed by atoms with Gasteiger partial charge >= 0.3 is 0 Å². The maximum Gasteiger partial charge on any atom is 0.163 e. The van der Waals surface area contributed by atoms with Crippen LogP contribution in [-0.2, 0) is 6.61 Å². The van der Waals surface area contributed by atoms with Gasteiger partial charge in [0.1, 0.15) is 24.2 Å². The van der Waals surface area contributed by atoms with E-state index in [1.165, 1.54) is 13.2 Å². The first-order valence-electron chi connectivity index (χ1n) is 6.53. The minimum absolute atomic E-state index is 0.0126. The van der Waals surface area contributed by atoms with Crippen LogP contribution in [0.15, 0.2) is 53.1 Å². The van der Waals surface area contributed by atoms with E-state index in [2.05, 4.69) is 0 Å². The molecule has 3 aromatic rings. The van der Waals surface area contributed by atoms with Crippen LogP contribution in [-0.4, -0.2) is 5.78 Å². The van der Waals surface area contributed by atoms with Crippen molar-refractivity contribution < 1.29 is 13.9 Å². The number of ether oxygens (including phenoxy) is 1.